The van der Waals surface area contributed by atoms with Gasteiger partial charge in [0, 0.05) is 51.0 Å². The fourth-order valence-corrected chi connectivity index (χ4v) is 4.92. The molecule has 4 rings (SSSR count). The highest BCUT2D eigenvalue weighted by Crippen LogP contribution is 2.38. The average Bonchev–Trinajstić information content (AvgIpc) is 2.96. The number of aliphatic hydroxyl groups excluding tert-OH is 1. The highest BCUT2D eigenvalue weighted by molar-refractivity contribution is 5.75. The summed E-state index contributed by atoms with van der Waals surface area (Å²) < 4.78 is 18.4. The molecule has 2 saturated heterocycles. The molecule has 2 aliphatic rings. The molecule has 0 aromatic heterocycles. The summed E-state index contributed by atoms with van der Waals surface area (Å²) in [6.45, 7) is 4.52. The third-order valence-corrected chi connectivity index (χ3v) is 7.22. The maximum Gasteiger partial charge on any atom is 0.303 e. The van der Waals surface area contributed by atoms with E-state index in [0.717, 1.165) is 67.9 Å². The molecule has 1 amide bonds. The zero-order valence-corrected chi connectivity index (χ0v) is 22.4. The first-order chi connectivity index (χ1) is 19.0. The molecular weight excluding hydrogens is 500 g/mol. The number of carboxylic acids is 1. The predicted molar refractivity (Wildman–Crippen MR) is 145 cm³/mol. The summed E-state index contributed by atoms with van der Waals surface area (Å²) in [5.74, 6) is -0.832. The van der Waals surface area contributed by atoms with Crippen molar-refractivity contribution >= 4 is 11.9 Å². The van der Waals surface area contributed by atoms with E-state index < -0.39 is 12.3 Å². The lowest BCUT2D eigenvalue weighted by Crippen LogP contribution is -2.44. The molecule has 2 aromatic carbocycles. The van der Waals surface area contributed by atoms with Crippen LogP contribution in [0.5, 0.6) is 0 Å². The Balaban J connectivity index is 1.33. The lowest BCUT2D eigenvalue weighted by Gasteiger charge is -2.39. The van der Waals surface area contributed by atoms with E-state index in [1.807, 2.05) is 48.5 Å². The summed E-state index contributed by atoms with van der Waals surface area (Å²) in [7, 11) is 0. The van der Waals surface area contributed by atoms with E-state index in [4.69, 9.17) is 19.3 Å². The molecule has 0 spiro atoms. The second kappa shape index (κ2) is 15.1. The van der Waals surface area contributed by atoms with Gasteiger partial charge in [-0.3, -0.25) is 14.5 Å². The number of rotatable bonds is 13. The van der Waals surface area contributed by atoms with Crippen molar-refractivity contribution in [2.45, 2.75) is 70.2 Å². The Morgan fingerprint density at radius 3 is 2.23 bits per heavy atom. The molecule has 2 aromatic rings. The molecule has 0 bridgehead atoms. The zero-order valence-electron chi connectivity index (χ0n) is 22.4. The van der Waals surface area contributed by atoms with Crippen molar-refractivity contribution in [2.24, 2.45) is 0 Å². The van der Waals surface area contributed by atoms with E-state index in [0.29, 0.717) is 25.8 Å². The Morgan fingerprint density at radius 2 is 1.54 bits per heavy atom. The SMILES string of the molecule is O=C(O)CCCCCC(=O)NCc1ccc([C@H]2O[C@@H](CN3CCOCC3)C[C@@H](c3ccc(CO)cc3)O2)cc1. The third-order valence-electron chi connectivity index (χ3n) is 7.22. The van der Waals surface area contributed by atoms with Gasteiger partial charge in [-0.25, -0.2) is 0 Å². The van der Waals surface area contributed by atoms with Crippen LogP contribution in [0.2, 0.25) is 0 Å². The number of nitrogens with one attached hydrogen (secondary N) is 1. The summed E-state index contributed by atoms with van der Waals surface area (Å²) in [5.41, 5.74) is 3.84. The number of carboxylic acid groups (broad SMARTS) is 1. The molecule has 0 radical (unpaired) electrons. The maximum absolute atomic E-state index is 12.1. The molecule has 212 valence electrons. The van der Waals surface area contributed by atoms with Gasteiger partial charge in [0.25, 0.3) is 0 Å². The topological polar surface area (TPSA) is 118 Å². The van der Waals surface area contributed by atoms with E-state index in [2.05, 4.69) is 10.2 Å². The minimum atomic E-state index is -0.799. The lowest BCUT2D eigenvalue weighted by molar-refractivity contribution is -0.253. The standard InChI is InChI=1S/C30H40N2O7/c33-21-23-8-10-24(11-9-23)27-18-26(20-32-14-16-37-17-15-32)38-30(39-27)25-12-6-22(7-13-25)19-31-28(34)4-2-1-3-5-29(35)36/h6-13,26-27,30,33H,1-5,14-21H2,(H,31,34)(H,35,36)/t26-,27+,30+/m1/s1. The van der Waals surface area contributed by atoms with Crippen molar-refractivity contribution in [3.05, 3.63) is 70.8 Å². The quantitative estimate of drug-likeness (QED) is 0.329. The Bertz CT molecular complexity index is 1040. The molecule has 2 heterocycles. The van der Waals surface area contributed by atoms with Gasteiger partial charge in [-0.2, -0.15) is 0 Å². The van der Waals surface area contributed by atoms with Crippen molar-refractivity contribution in [1.29, 1.82) is 0 Å². The maximum atomic E-state index is 12.1. The van der Waals surface area contributed by atoms with Crippen molar-refractivity contribution in [3.8, 4) is 0 Å². The van der Waals surface area contributed by atoms with Gasteiger partial charge in [0.1, 0.15) is 0 Å². The van der Waals surface area contributed by atoms with Gasteiger partial charge in [0.05, 0.1) is 32.0 Å². The van der Waals surface area contributed by atoms with Gasteiger partial charge < -0.3 is 29.7 Å². The Labute approximate surface area is 230 Å². The minimum absolute atomic E-state index is 0.00108. The van der Waals surface area contributed by atoms with E-state index in [9.17, 15) is 14.7 Å². The number of hydrogen-bond acceptors (Lipinski definition) is 7. The van der Waals surface area contributed by atoms with Gasteiger partial charge in [0.15, 0.2) is 6.29 Å². The van der Waals surface area contributed by atoms with Crippen molar-refractivity contribution < 1.29 is 34.0 Å². The van der Waals surface area contributed by atoms with Gasteiger partial charge in [-0.05, 0) is 29.5 Å². The molecule has 0 unspecified atom stereocenters. The number of aliphatic hydroxyl groups is 1. The lowest BCUT2D eigenvalue weighted by atomic mass is 9.99. The number of carbonyl (C=O) groups excluding carboxylic acids is 1. The molecule has 0 aliphatic carbocycles. The molecule has 9 nitrogen and oxygen atoms in total. The number of amides is 1. The summed E-state index contributed by atoms with van der Waals surface area (Å²) in [4.78, 5) is 25.1. The van der Waals surface area contributed by atoms with E-state index in [1.165, 1.54) is 0 Å². The van der Waals surface area contributed by atoms with Crippen LogP contribution in [0.1, 0.15) is 73.2 Å². The third kappa shape index (κ3) is 9.40. The van der Waals surface area contributed by atoms with Crippen LogP contribution in [0.4, 0.5) is 0 Å². The summed E-state index contributed by atoms with van der Waals surface area (Å²) in [6.07, 6.45) is 2.65. The molecule has 39 heavy (non-hydrogen) atoms. The fraction of sp³-hybridized carbons (Fsp3) is 0.533. The Hall–Kier alpha value is -2.82. The number of hydrogen-bond donors (Lipinski definition) is 3. The van der Waals surface area contributed by atoms with Gasteiger partial charge in [-0.1, -0.05) is 55.0 Å². The smallest absolute Gasteiger partial charge is 0.303 e. The summed E-state index contributed by atoms with van der Waals surface area (Å²) in [5, 5.41) is 21.0. The summed E-state index contributed by atoms with van der Waals surface area (Å²) in [6, 6.07) is 15.8. The van der Waals surface area contributed by atoms with Crippen LogP contribution in [-0.4, -0.2) is 65.9 Å². The van der Waals surface area contributed by atoms with Crippen molar-refractivity contribution in [1.82, 2.24) is 10.2 Å². The molecule has 2 aliphatic heterocycles. The van der Waals surface area contributed by atoms with E-state index >= 15 is 0 Å². The number of morpholine rings is 1. The number of ether oxygens (including phenoxy) is 3. The van der Waals surface area contributed by atoms with Gasteiger partial charge in [-0.15, -0.1) is 0 Å². The summed E-state index contributed by atoms with van der Waals surface area (Å²) >= 11 is 0. The minimum Gasteiger partial charge on any atom is -0.481 e. The van der Waals surface area contributed by atoms with Crippen LogP contribution in [0, 0.1) is 0 Å². The highest BCUT2D eigenvalue weighted by atomic mass is 16.7. The van der Waals surface area contributed by atoms with Crippen LogP contribution in [0.25, 0.3) is 0 Å². The van der Waals surface area contributed by atoms with Gasteiger partial charge >= 0.3 is 5.97 Å². The van der Waals surface area contributed by atoms with E-state index in [-0.39, 0.29) is 31.1 Å². The second-order valence-corrected chi connectivity index (χ2v) is 10.2. The average molecular weight is 541 g/mol. The number of carbonyl (C=O) groups is 2. The highest BCUT2D eigenvalue weighted by Gasteiger charge is 2.33. The number of aliphatic carboxylic acids is 1. The monoisotopic (exact) mass is 540 g/mol. The Morgan fingerprint density at radius 1 is 0.872 bits per heavy atom. The normalized spacial score (nSPS) is 21.9. The largest absolute Gasteiger partial charge is 0.481 e. The molecular formula is C30H40N2O7. The first kappa shape index (κ1) is 29.2. The van der Waals surface area contributed by atoms with Crippen LogP contribution in [-0.2, 0) is 37.0 Å². The van der Waals surface area contributed by atoms with Crippen molar-refractivity contribution in [3.63, 3.8) is 0 Å². The van der Waals surface area contributed by atoms with Crippen LogP contribution in [0.15, 0.2) is 48.5 Å². The first-order valence-corrected chi connectivity index (χ1v) is 13.9. The molecule has 0 saturated carbocycles. The number of nitrogens with zero attached hydrogens (tertiary/aromatic N) is 1. The molecule has 3 atom stereocenters. The zero-order chi connectivity index (χ0) is 27.5. The van der Waals surface area contributed by atoms with Gasteiger partial charge in [0.2, 0.25) is 5.91 Å². The molecule has 3 N–H and O–H groups in total. The fourth-order valence-electron chi connectivity index (χ4n) is 4.92. The van der Waals surface area contributed by atoms with E-state index in [1.54, 1.807) is 0 Å². The number of benzene rings is 2. The van der Waals surface area contributed by atoms with Crippen LogP contribution >= 0.6 is 0 Å². The first-order valence-electron chi connectivity index (χ1n) is 13.9. The molecule has 2 fully saturated rings. The van der Waals surface area contributed by atoms with Crippen LogP contribution < -0.4 is 5.32 Å². The molecule has 9 heteroatoms. The second-order valence-electron chi connectivity index (χ2n) is 10.2. The van der Waals surface area contributed by atoms with Crippen molar-refractivity contribution in [2.75, 3.05) is 32.8 Å². The van der Waals surface area contributed by atoms with Crippen LogP contribution in [0.3, 0.4) is 0 Å². The Kier molecular flexibility index (Phi) is 11.3. The number of unbranched alkanes of at least 4 members (excludes halogenated alkanes) is 2. The predicted octanol–water partition coefficient (Wildman–Crippen LogP) is 3.71.